The van der Waals surface area contributed by atoms with E-state index in [2.05, 4.69) is 0 Å². The smallest absolute Gasteiger partial charge is 0.225 e. The summed E-state index contributed by atoms with van der Waals surface area (Å²) in [4.78, 5) is 26.4. The van der Waals surface area contributed by atoms with E-state index in [0.29, 0.717) is 6.42 Å². The van der Waals surface area contributed by atoms with Crippen molar-refractivity contribution >= 4 is 11.7 Å². The molecule has 108 valence electrons. The SMILES string of the molecule is CC(CC(=O)c1ccccc1)C(C)C(=O)N1CCCC1. The largest absolute Gasteiger partial charge is 0.342 e. The van der Waals surface area contributed by atoms with E-state index in [1.807, 2.05) is 49.1 Å². The minimum absolute atomic E-state index is 0.0795. The van der Waals surface area contributed by atoms with Gasteiger partial charge >= 0.3 is 0 Å². The Morgan fingerprint density at radius 3 is 2.30 bits per heavy atom. The third-order valence-corrected chi connectivity index (χ3v) is 4.26. The van der Waals surface area contributed by atoms with Crippen molar-refractivity contribution in [1.82, 2.24) is 4.90 Å². The van der Waals surface area contributed by atoms with Gasteiger partial charge in [0.15, 0.2) is 5.78 Å². The molecule has 0 N–H and O–H groups in total. The summed E-state index contributed by atoms with van der Waals surface area (Å²) < 4.78 is 0. The summed E-state index contributed by atoms with van der Waals surface area (Å²) in [6.45, 7) is 5.70. The number of carbonyl (C=O) groups excluding carboxylic acids is 2. The summed E-state index contributed by atoms with van der Waals surface area (Å²) in [6.07, 6.45) is 2.65. The van der Waals surface area contributed by atoms with E-state index in [-0.39, 0.29) is 23.5 Å². The Morgan fingerprint density at radius 2 is 1.70 bits per heavy atom. The zero-order valence-electron chi connectivity index (χ0n) is 12.3. The highest BCUT2D eigenvalue weighted by Crippen LogP contribution is 2.22. The molecular formula is C17H23NO2. The van der Waals surface area contributed by atoms with Gasteiger partial charge in [-0.25, -0.2) is 0 Å². The summed E-state index contributed by atoms with van der Waals surface area (Å²) in [6, 6.07) is 9.32. The van der Waals surface area contributed by atoms with Crippen molar-refractivity contribution in [2.24, 2.45) is 11.8 Å². The number of rotatable bonds is 5. The molecule has 1 fully saturated rings. The Hall–Kier alpha value is -1.64. The van der Waals surface area contributed by atoms with Gasteiger partial charge in [0.2, 0.25) is 5.91 Å². The van der Waals surface area contributed by atoms with Gasteiger partial charge in [0.1, 0.15) is 0 Å². The predicted octanol–water partition coefficient (Wildman–Crippen LogP) is 3.15. The average Bonchev–Trinajstić information content (AvgIpc) is 3.00. The van der Waals surface area contributed by atoms with Gasteiger partial charge in [-0.3, -0.25) is 9.59 Å². The minimum Gasteiger partial charge on any atom is -0.342 e. The van der Waals surface area contributed by atoms with Gasteiger partial charge in [-0.2, -0.15) is 0 Å². The number of Topliss-reactive ketones (excluding diaryl/α,β-unsaturated/α-hetero) is 1. The fourth-order valence-electron chi connectivity index (χ4n) is 2.68. The van der Waals surface area contributed by atoms with E-state index in [1.54, 1.807) is 0 Å². The second kappa shape index (κ2) is 6.69. The Morgan fingerprint density at radius 1 is 1.10 bits per heavy atom. The first-order valence-corrected chi connectivity index (χ1v) is 7.46. The van der Waals surface area contributed by atoms with Crippen LogP contribution in [-0.4, -0.2) is 29.7 Å². The van der Waals surface area contributed by atoms with Crippen LogP contribution in [0.2, 0.25) is 0 Å². The molecule has 0 aliphatic carbocycles. The first kappa shape index (κ1) is 14.8. The molecule has 2 atom stereocenters. The van der Waals surface area contributed by atoms with Crippen LogP contribution in [0.25, 0.3) is 0 Å². The quantitative estimate of drug-likeness (QED) is 0.773. The zero-order valence-corrected chi connectivity index (χ0v) is 12.3. The fourth-order valence-corrected chi connectivity index (χ4v) is 2.68. The lowest BCUT2D eigenvalue weighted by atomic mass is 9.88. The predicted molar refractivity (Wildman–Crippen MR) is 79.5 cm³/mol. The Bertz CT molecular complexity index is 463. The number of amides is 1. The number of benzene rings is 1. The molecule has 1 aliphatic heterocycles. The van der Waals surface area contributed by atoms with Crippen molar-refractivity contribution in [2.75, 3.05) is 13.1 Å². The highest BCUT2D eigenvalue weighted by molar-refractivity contribution is 5.96. The van der Waals surface area contributed by atoms with Gasteiger partial charge < -0.3 is 4.90 Å². The lowest BCUT2D eigenvalue weighted by molar-refractivity contribution is -0.135. The van der Waals surface area contributed by atoms with Crippen molar-refractivity contribution in [3.05, 3.63) is 35.9 Å². The third kappa shape index (κ3) is 3.47. The highest BCUT2D eigenvalue weighted by atomic mass is 16.2. The van der Waals surface area contributed by atoms with Crippen molar-refractivity contribution < 1.29 is 9.59 Å². The van der Waals surface area contributed by atoms with Crippen LogP contribution in [0.4, 0.5) is 0 Å². The summed E-state index contributed by atoms with van der Waals surface area (Å²) in [5, 5.41) is 0. The van der Waals surface area contributed by atoms with E-state index in [4.69, 9.17) is 0 Å². The lowest BCUT2D eigenvalue weighted by Crippen LogP contribution is -2.35. The maximum absolute atomic E-state index is 12.3. The number of likely N-dealkylation sites (tertiary alicyclic amines) is 1. The van der Waals surface area contributed by atoms with Crippen LogP contribution in [0.1, 0.15) is 43.5 Å². The van der Waals surface area contributed by atoms with E-state index < -0.39 is 0 Å². The van der Waals surface area contributed by atoms with Crippen LogP contribution < -0.4 is 0 Å². The second-order valence-corrected chi connectivity index (χ2v) is 5.79. The number of hydrogen-bond donors (Lipinski definition) is 0. The van der Waals surface area contributed by atoms with Crippen molar-refractivity contribution in [1.29, 1.82) is 0 Å². The van der Waals surface area contributed by atoms with Gasteiger partial charge in [0, 0.05) is 31.0 Å². The van der Waals surface area contributed by atoms with Crippen molar-refractivity contribution in [2.45, 2.75) is 33.1 Å². The zero-order chi connectivity index (χ0) is 14.5. The molecule has 1 aromatic rings. The third-order valence-electron chi connectivity index (χ3n) is 4.26. The van der Waals surface area contributed by atoms with E-state index >= 15 is 0 Å². The summed E-state index contributed by atoms with van der Waals surface area (Å²) in [7, 11) is 0. The standard InChI is InChI=1S/C17H23NO2/c1-13(12-16(19)15-8-4-3-5-9-15)14(2)17(20)18-10-6-7-11-18/h3-5,8-9,13-14H,6-7,10-12H2,1-2H3. The molecular weight excluding hydrogens is 250 g/mol. The van der Waals surface area contributed by atoms with Crippen LogP contribution >= 0.6 is 0 Å². The number of hydrogen-bond acceptors (Lipinski definition) is 2. The fraction of sp³-hybridized carbons (Fsp3) is 0.529. The average molecular weight is 273 g/mol. The molecule has 0 bridgehead atoms. The first-order chi connectivity index (χ1) is 9.59. The molecule has 3 nitrogen and oxygen atoms in total. The van der Waals surface area contributed by atoms with Crippen LogP contribution in [0.5, 0.6) is 0 Å². The van der Waals surface area contributed by atoms with Gasteiger partial charge in [0.25, 0.3) is 0 Å². The topological polar surface area (TPSA) is 37.4 Å². The van der Waals surface area contributed by atoms with Crippen LogP contribution in [0.15, 0.2) is 30.3 Å². The monoisotopic (exact) mass is 273 g/mol. The summed E-state index contributed by atoms with van der Waals surface area (Å²) in [5.41, 5.74) is 0.736. The molecule has 1 aliphatic rings. The normalized spacial score (nSPS) is 17.8. The Kier molecular flexibility index (Phi) is 4.94. The Labute approximate surface area is 121 Å². The first-order valence-electron chi connectivity index (χ1n) is 7.46. The summed E-state index contributed by atoms with van der Waals surface area (Å²) >= 11 is 0. The molecule has 1 heterocycles. The number of carbonyl (C=O) groups is 2. The molecule has 3 heteroatoms. The molecule has 0 saturated carbocycles. The molecule has 1 amide bonds. The number of ketones is 1. The molecule has 2 rings (SSSR count). The van der Waals surface area contributed by atoms with Gasteiger partial charge in [-0.05, 0) is 18.8 Å². The molecule has 20 heavy (non-hydrogen) atoms. The molecule has 0 spiro atoms. The Balaban J connectivity index is 1.92. The second-order valence-electron chi connectivity index (χ2n) is 5.79. The molecule has 1 aromatic carbocycles. The van der Waals surface area contributed by atoms with Crippen LogP contribution in [0, 0.1) is 11.8 Å². The maximum Gasteiger partial charge on any atom is 0.225 e. The van der Waals surface area contributed by atoms with Gasteiger partial charge in [-0.15, -0.1) is 0 Å². The molecule has 1 saturated heterocycles. The van der Waals surface area contributed by atoms with Crippen LogP contribution in [-0.2, 0) is 4.79 Å². The van der Waals surface area contributed by atoms with E-state index in [0.717, 1.165) is 31.5 Å². The molecule has 0 radical (unpaired) electrons. The molecule has 0 aromatic heterocycles. The molecule has 2 unspecified atom stereocenters. The van der Waals surface area contributed by atoms with E-state index in [9.17, 15) is 9.59 Å². The van der Waals surface area contributed by atoms with Crippen LogP contribution in [0.3, 0.4) is 0 Å². The lowest BCUT2D eigenvalue weighted by Gasteiger charge is -2.24. The van der Waals surface area contributed by atoms with E-state index in [1.165, 1.54) is 0 Å². The van der Waals surface area contributed by atoms with Crippen molar-refractivity contribution in [3.8, 4) is 0 Å². The number of nitrogens with zero attached hydrogens (tertiary/aromatic N) is 1. The van der Waals surface area contributed by atoms with Gasteiger partial charge in [-0.1, -0.05) is 44.2 Å². The minimum atomic E-state index is -0.0826. The van der Waals surface area contributed by atoms with Gasteiger partial charge in [0.05, 0.1) is 0 Å². The summed E-state index contributed by atoms with van der Waals surface area (Å²) in [5.74, 6) is 0.326. The maximum atomic E-state index is 12.3. The highest BCUT2D eigenvalue weighted by Gasteiger charge is 2.28. The van der Waals surface area contributed by atoms with Crippen molar-refractivity contribution in [3.63, 3.8) is 0 Å².